The Morgan fingerprint density at radius 2 is 2.21 bits per heavy atom. The van der Waals surface area contributed by atoms with Gasteiger partial charge in [0.05, 0.1) is 9.50 Å². The van der Waals surface area contributed by atoms with Gasteiger partial charge < -0.3 is 10.6 Å². The molecule has 0 atom stereocenters. The highest BCUT2D eigenvalue weighted by Crippen LogP contribution is 2.26. The zero-order valence-electron chi connectivity index (χ0n) is 10.0. The molecular weight excluding hydrogens is 335 g/mol. The average Bonchev–Trinajstić information content (AvgIpc) is 2.38. The molecule has 4 nitrogen and oxygen atoms in total. The highest BCUT2D eigenvalue weighted by Gasteiger charge is 2.07. The van der Waals surface area contributed by atoms with Crippen LogP contribution in [0.3, 0.4) is 0 Å². The minimum absolute atomic E-state index is 0.0839. The molecule has 0 radical (unpaired) electrons. The summed E-state index contributed by atoms with van der Waals surface area (Å²) in [5.74, 6) is 0.569. The third kappa shape index (κ3) is 3.54. The first-order chi connectivity index (χ1) is 9.10. The monoisotopic (exact) mass is 344 g/mol. The predicted molar refractivity (Wildman–Crippen MR) is 78.6 cm³/mol. The molecule has 0 fully saturated rings. The van der Waals surface area contributed by atoms with Crippen LogP contribution in [0.25, 0.3) is 0 Å². The fraction of sp³-hybridized carbons (Fsp3) is 0.167. The van der Waals surface area contributed by atoms with E-state index >= 15 is 0 Å². The predicted octanol–water partition coefficient (Wildman–Crippen LogP) is 4.21. The van der Waals surface area contributed by atoms with Crippen molar-refractivity contribution in [2.45, 2.75) is 6.92 Å². The van der Waals surface area contributed by atoms with Crippen LogP contribution in [0, 0.1) is 5.82 Å². The van der Waals surface area contributed by atoms with Crippen molar-refractivity contribution in [1.82, 2.24) is 9.97 Å². The summed E-state index contributed by atoms with van der Waals surface area (Å²) in [5, 5.41) is 6.09. The topological polar surface area (TPSA) is 49.8 Å². The summed E-state index contributed by atoms with van der Waals surface area (Å²) in [5.41, 5.74) is 0.559. The Bertz CT molecular complexity index is 594. The van der Waals surface area contributed by atoms with Crippen molar-refractivity contribution >= 4 is 45.0 Å². The van der Waals surface area contributed by atoms with Crippen LogP contribution in [-0.2, 0) is 0 Å². The Hall–Kier alpha value is -1.40. The first-order valence-electron chi connectivity index (χ1n) is 5.58. The molecule has 7 heteroatoms. The molecule has 0 saturated heterocycles. The molecule has 1 heterocycles. The van der Waals surface area contributed by atoms with Crippen LogP contribution in [0.15, 0.2) is 28.9 Å². The fourth-order valence-electron chi connectivity index (χ4n) is 1.41. The van der Waals surface area contributed by atoms with E-state index in [-0.39, 0.29) is 5.02 Å². The van der Waals surface area contributed by atoms with E-state index in [1.807, 2.05) is 6.92 Å². The molecule has 2 rings (SSSR count). The van der Waals surface area contributed by atoms with Crippen LogP contribution in [0.2, 0.25) is 5.02 Å². The van der Waals surface area contributed by atoms with Gasteiger partial charge in [-0.15, -0.1) is 0 Å². The highest BCUT2D eigenvalue weighted by molar-refractivity contribution is 9.10. The third-order valence-electron chi connectivity index (χ3n) is 2.26. The first kappa shape index (κ1) is 14.0. The van der Waals surface area contributed by atoms with Crippen LogP contribution >= 0.6 is 27.5 Å². The molecule has 1 aromatic heterocycles. The van der Waals surface area contributed by atoms with Gasteiger partial charge in [0.15, 0.2) is 0 Å². The zero-order chi connectivity index (χ0) is 13.8. The van der Waals surface area contributed by atoms with Crippen molar-refractivity contribution in [3.63, 3.8) is 0 Å². The van der Waals surface area contributed by atoms with Crippen molar-refractivity contribution in [3.8, 4) is 0 Å². The molecule has 0 amide bonds. The minimum atomic E-state index is -0.483. The number of nitrogens with zero attached hydrogens (tertiary/aromatic N) is 2. The summed E-state index contributed by atoms with van der Waals surface area (Å²) in [6.45, 7) is 2.67. The minimum Gasteiger partial charge on any atom is -0.354 e. The summed E-state index contributed by atoms with van der Waals surface area (Å²) >= 11 is 8.97. The van der Waals surface area contributed by atoms with Gasteiger partial charge in [0.1, 0.15) is 11.6 Å². The van der Waals surface area contributed by atoms with E-state index in [1.165, 1.54) is 12.1 Å². The van der Waals surface area contributed by atoms with Crippen molar-refractivity contribution in [2.75, 3.05) is 17.2 Å². The lowest BCUT2D eigenvalue weighted by molar-refractivity contribution is 0.629. The highest BCUT2D eigenvalue weighted by atomic mass is 79.9. The molecule has 0 aliphatic heterocycles. The Labute approximate surface area is 123 Å². The van der Waals surface area contributed by atoms with Crippen molar-refractivity contribution in [2.24, 2.45) is 0 Å². The normalized spacial score (nSPS) is 10.3. The van der Waals surface area contributed by atoms with E-state index in [9.17, 15) is 4.39 Å². The Kier molecular flexibility index (Phi) is 4.55. The summed E-state index contributed by atoms with van der Waals surface area (Å²) in [7, 11) is 0. The number of hydrogen-bond acceptors (Lipinski definition) is 4. The number of benzene rings is 1. The maximum Gasteiger partial charge on any atom is 0.224 e. The van der Waals surface area contributed by atoms with Crippen LogP contribution in [-0.4, -0.2) is 16.5 Å². The summed E-state index contributed by atoms with van der Waals surface area (Å²) in [6, 6.07) is 4.47. The van der Waals surface area contributed by atoms with E-state index in [4.69, 9.17) is 11.6 Å². The lowest BCUT2D eigenvalue weighted by Crippen LogP contribution is -2.04. The quantitative estimate of drug-likeness (QED) is 0.871. The SMILES string of the molecule is CCNc1ncc(Br)c(Nc2ccc(Cl)c(F)c2)n1. The second-order valence-electron chi connectivity index (χ2n) is 3.67. The standard InChI is InChI=1S/C12H11BrClFN4/c1-2-16-12-17-6-8(13)11(19-12)18-7-3-4-9(14)10(15)5-7/h3-6H,2H2,1H3,(H2,16,17,18,19). The summed E-state index contributed by atoms with van der Waals surface area (Å²) in [4.78, 5) is 8.37. The second-order valence-corrected chi connectivity index (χ2v) is 4.94. The third-order valence-corrected chi connectivity index (χ3v) is 3.15. The fourth-order valence-corrected chi connectivity index (χ4v) is 1.82. The summed E-state index contributed by atoms with van der Waals surface area (Å²) < 4.78 is 14.0. The largest absolute Gasteiger partial charge is 0.354 e. The molecule has 0 aliphatic rings. The molecule has 0 spiro atoms. The van der Waals surface area contributed by atoms with Gasteiger partial charge in [0, 0.05) is 18.4 Å². The molecule has 2 aromatic rings. The average molecular weight is 346 g/mol. The Morgan fingerprint density at radius 1 is 1.42 bits per heavy atom. The van der Waals surface area contributed by atoms with E-state index in [2.05, 4.69) is 36.5 Å². The van der Waals surface area contributed by atoms with Gasteiger partial charge in [-0.2, -0.15) is 4.98 Å². The molecule has 1 aromatic carbocycles. The molecule has 0 bridgehead atoms. The smallest absolute Gasteiger partial charge is 0.224 e. The molecule has 0 saturated carbocycles. The number of nitrogens with one attached hydrogen (secondary N) is 2. The van der Waals surface area contributed by atoms with Gasteiger partial charge in [-0.1, -0.05) is 11.6 Å². The maximum absolute atomic E-state index is 13.4. The molecule has 0 aliphatic carbocycles. The van der Waals surface area contributed by atoms with Crippen LogP contribution in [0.4, 0.5) is 21.8 Å². The maximum atomic E-state index is 13.4. The molecule has 0 unspecified atom stereocenters. The van der Waals surface area contributed by atoms with E-state index in [0.29, 0.717) is 21.9 Å². The number of anilines is 3. The van der Waals surface area contributed by atoms with Gasteiger partial charge in [0.25, 0.3) is 0 Å². The second kappa shape index (κ2) is 6.16. The zero-order valence-corrected chi connectivity index (χ0v) is 12.4. The number of aromatic nitrogens is 2. The molecule has 2 N–H and O–H groups in total. The number of halogens is 3. The van der Waals surface area contributed by atoms with Crippen molar-refractivity contribution < 1.29 is 4.39 Å². The van der Waals surface area contributed by atoms with Crippen molar-refractivity contribution in [3.05, 3.63) is 39.7 Å². The number of rotatable bonds is 4. The van der Waals surface area contributed by atoms with E-state index in [0.717, 1.165) is 6.54 Å². The van der Waals surface area contributed by atoms with Crippen LogP contribution in [0.1, 0.15) is 6.92 Å². The first-order valence-corrected chi connectivity index (χ1v) is 6.75. The van der Waals surface area contributed by atoms with E-state index < -0.39 is 5.82 Å². The number of hydrogen-bond donors (Lipinski definition) is 2. The van der Waals surface area contributed by atoms with E-state index in [1.54, 1.807) is 12.3 Å². The Morgan fingerprint density at radius 3 is 2.89 bits per heavy atom. The lowest BCUT2D eigenvalue weighted by atomic mass is 10.3. The molecule has 100 valence electrons. The van der Waals surface area contributed by atoms with Crippen molar-refractivity contribution in [1.29, 1.82) is 0 Å². The lowest BCUT2D eigenvalue weighted by Gasteiger charge is -2.09. The van der Waals surface area contributed by atoms with Crippen LogP contribution in [0.5, 0.6) is 0 Å². The summed E-state index contributed by atoms with van der Waals surface area (Å²) in [6.07, 6.45) is 1.62. The van der Waals surface area contributed by atoms with Gasteiger partial charge in [-0.25, -0.2) is 9.37 Å². The van der Waals surface area contributed by atoms with Crippen LogP contribution < -0.4 is 10.6 Å². The van der Waals surface area contributed by atoms with Gasteiger partial charge in [0.2, 0.25) is 5.95 Å². The molecular formula is C12H11BrClFN4. The van der Waals surface area contributed by atoms with Gasteiger partial charge >= 0.3 is 0 Å². The Balaban J connectivity index is 2.26. The van der Waals surface area contributed by atoms with Gasteiger partial charge in [-0.05, 0) is 41.1 Å². The molecule has 19 heavy (non-hydrogen) atoms. The van der Waals surface area contributed by atoms with Gasteiger partial charge in [-0.3, -0.25) is 0 Å².